The molecule has 51 nitrogen and oxygen atoms in total. The summed E-state index contributed by atoms with van der Waals surface area (Å²) in [6, 6.07) is 0. The fourth-order valence-electron chi connectivity index (χ4n) is 16.8. The van der Waals surface area contributed by atoms with Crippen LogP contribution in [0.5, 0.6) is 0 Å². The molecule has 0 aromatic heterocycles. The van der Waals surface area contributed by atoms with Gasteiger partial charge in [-0.2, -0.15) is 0 Å². The van der Waals surface area contributed by atoms with Crippen LogP contribution < -0.4 is 0 Å². The summed E-state index contributed by atoms with van der Waals surface area (Å²) in [4.78, 5) is 0. The zero-order chi connectivity index (χ0) is 87.7. The van der Waals surface area contributed by atoms with E-state index in [0.717, 1.165) is 56.9 Å². The average Bonchev–Trinajstić information content (AvgIpc) is 0.766. The third kappa shape index (κ3) is 20.7. The van der Waals surface area contributed by atoms with E-state index in [0.29, 0.717) is 0 Å². The van der Waals surface area contributed by atoms with Crippen LogP contribution in [0.1, 0.15) is 0 Å². The van der Waals surface area contributed by atoms with E-state index in [1.165, 1.54) is 7.11 Å². The molecule has 10 saturated heterocycles. The lowest BCUT2D eigenvalue weighted by Crippen LogP contribution is -2.69. The standard InChI is InChI=1S/C69H120O51/c1-93-51-33(83)60(92)102-21(11-71)42(51)113-62-35(85)53(95-3)44(23(13-73)105-62)115-64-37(87)55(97-5)46(25(15-75)107-64)117-66-39(89)57(99-7)48(27(17-77)109-66)119-68-41(91)59(101-9)50(29(19-79)111-68)120-69-40(90)58(100-8)49(28(18-78)110-69)118-67-38(88)56(98-6)47(26(16-76)108-67)116-65-36(86)54(96-4)45(24(14-74)106-65)114-63-34(84)52(94-2)43(22(12-72)104-63)112-61-32(82)31(81)30(80)20(10-70)103-61/h20-92H,10-19H2,1-9H3/t20-,21-,22-,23-,24-,25-,26-,27-,28-,29-,30-,31+,32+,33+,34+,35+,36+,37+,38-,39+,40+,41+,42-,43-,44-,45-,46-,47-,48-,49-,50-,51-,52-,53-,54-,55-,56-,57-,58-,59-,60+,61-,62-,63-,64-,65-,66-,67-,68-,69-/m1/s1. The van der Waals surface area contributed by atoms with Gasteiger partial charge in [0.05, 0.1) is 66.1 Å². The van der Waals surface area contributed by atoms with Gasteiger partial charge in [-0.05, 0) is 0 Å². The first-order valence-corrected chi connectivity index (χ1v) is 38.7. The second-order valence-electron chi connectivity index (χ2n) is 29.9. The molecular formula is C69H120O51. The van der Waals surface area contributed by atoms with Crippen molar-refractivity contribution in [2.45, 2.75) is 307 Å². The summed E-state index contributed by atoms with van der Waals surface area (Å²) in [7, 11) is 10.3. The molecule has 0 saturated carbocycles. The van der Waals surface area contributed by atoms with Gasteiger partial charge in [-0.3, -0.25) is 0 Å². The number of aliphatic hydroxyl groups excluding tert-OH is 23. The van der Waals surface area contributed by atoms with Crippen molar-refractivity contribution in [3.8, 4) is 0 Å². The molecule has 0 radical (unpaired) electrons. The van der Waals surface area contributed by atoms with Crippen molar-refractivity contribution >= 4 is 0 Å². The second kappa shape index (κ2) is 45.5. The first-order valence-electron chi connectivity index (χ1n) is 38.7. The molecule has 10 fully saturated rings. The van der Waals surface area contributed by atoms with Crippen molar-refractivity contribution in [2.24, 2.45) is 0 Å². The second-order valence-corrected chi connectivity index (χ2v) is 29.9. The van der Waals surface area contributed by atoms with Gasteiger partial charge >= 0.3 is 0 Å². The molecule has 23 N–H and O–H groups in total. The zero-order valence-corrected chi connectivity index (χ0v) is 66.7. The Morgan fingerprint density at radius 2 is 0.283 bits per heavy atom. The van der Waals surface area contributed by atoms with Crippen molar-refractivity contribution in [3.05, 3.63) is 0 Å². The van der Waals surface area contributed by atoms with E-state index in [9.17, 15) is 117 Å². The van der Waals surface area contributed by atoms with Crippen LogP contribution in [0.15, 0.2) is 0 Å². The largest absolute Gasteiger partial charge is 0.394 e. The van der Waals surface area contributed by atoms with Crippen molar-refractivity contribution in [1.29, 1.82) is 0 Å². The van der Waals surface area contributed by atoms with Crippen LogP contribution in [0.3, 0.4) is 0 Å². The van der Waals surface area contributed by atoms with Crippen LogP contribution in [-0.4, -0.2) is 555 Å². The molecule has 10 heterocycles. The molecule has 10 aliphatic rings. The molecule has 0 bridgehead atoms. The van der Waals surface area contributed by atoms with Gasteiger partial charge in [-0.1, -0.05) is 0 Å². The van der Waals surface area contributed by atoms with Gasteiger partial charge in [0.25, 0.3) is 0 Å². The molecule has 10 rings (SSSR count). The summed E-state index contributed by atoms with van der Waals surface area (Å²) in [6.07, 6.45) is -83.5. The summed E-state index contributed by atoms with van der Waals surface area (Å²) in [5.74, 6) is 0. The highest BCUT2D eigenvalue weighted by Crippen LogP contribution is 2.43. The predicted octanol–water partition coefficient (Wildman–Crippen LogP) is -16.9. The molecule has 10 aliphatic heterocycles. The minimum absolute atomic E-state index is 0.749. The number of hydrogen-bond acceptors (Lipinski definition) is 51. The number of rotatable bonds is 37. The number of ether oxygens (including phenoxy) is 28. The lowest BCUT2D eigenvalue weighted by molar-refractivity contribution is -0.403. The lowest BCUT2D eigenvalue weighted by atomic mass is 9.94. The third-order valence-corrected chi connectivity index (χ3v) is 23.1. The molecule has 0 spiro atoms. The zero-order valence-electron chi connectivity index (χ0n) is 66.7. The molecule has 0 amide bonds. The minimum Gasteiger partial charge on any atom is -0.394 e. The van der Waals surface area contributed by atoms with Crippen LogP contribution in [0, 0.1) is 0 Å². The van der Waals surface area contributed by atoms with E-state index in [-0.39, 0.29) is 0 Å². The molecule has 0 aliphatic carbocycles. The highest BCUT2D eigenvalue weighted by molar-refractivity contribution is 5.05. The molecule has 0 aromatic carbocycles. The Morgan fingerprint density at radius 1 is 0.150 bits per heavy atom. The quantitative estimate of drug-likeness (QED) is 0.0275. The van der Waals surface area contributed by atoms with Crippen molar-refractivity contribution in [3.63, 3.8) is 0 Å². The lowest BCUT2D eigenvalue weighted by Gasteiger charge is -2.51. The Bertz CT molecular complexity index is 2940. The summed E-state index contributed by atoms with van der Waals surface area (Å²) >= 11 is 0. The average molecular weight is 1770 g/mol. The maximum Gasteiger partial charge on any atom is 0.187 e. The fraction of sp³-hybridized carbons (Fsp3) is 1.00. The third-order valence-electron chi connectivity index (χ3n) is 23.1. The van der Waals surface area contributed by atoms with E-state index >= 15 is 0 Å². The molecule has 0 unspecified atom stereocenters. The Labute approximate surface area is 685 Å². The SMILES string of the molecule is CO[C@@H]1[C@H](O)[C@@H](O[C@H]2[C@H](OC)[C@H](O)[C@@H](O[C@H]3[C@H](OC)[C@@H](O)[C@@H](O[C@H]4[C@H](OC)[C@H](O)[C@@H](O[C@H]5[C@H](OC)[C@H](O)[C@@H](O[C@H]6[C@H](OC)[C@H](O)[C@@H](O[C@H]7[C@H](OC)[C@H](O)[C@@H](O[C@H]8[C@H](OC)[C@H](O)[C@@H](O[C@H]9[C@H](OC)[C@H](O)[C@@H](O)O[C@@H]9CO)O[C@@H]8CO)O[C@@H]7CO)O[C@@H]6CO)O[C@@H]5CO)O[C@@H]4CO)O[C@@H]3CO)O[C@@H]2CO)O[C@H](CO)[C@H]1O[C@H]1O[C@H](CO)[C@@H](O)[C@H](O)[C@@H]1O. The molecule has 120 heavy (non-hydrogen) atoms. The summed E-state index contributed by atoms with van der Waals surface area (Å²) in [6.45, 7) is -8.85. The minimum atomic E-state index is -1.95. The number of aliphatic hydroxyl groups is 23. The summed E-state index contributed by atoms with van der Waals surface area (Å²) in [5.41, 5.74) is 0. The Morgan fingerprint density at radius 3 is 0.433 bits per heavy atom. The summed E-state index contributed by atoms with van der Waals surface area (Å²) in [5, 5.41) is 253. The van der Waals surface area contributed by atoms with E-state index in [4.69, 9.17) is 133 Å². The highest BCUT2D eigenvalue weighted by atomic mass is 16.8. The van der Waals surface area contributed by atoms with Gasteiger partial charge in [0.2, 0.25) is 0 Å². The van der Waals surface area contributed by atoms with Crippen LogP contribution in [0.4, 0.5) is 0 Å². The van der Waals surface area contributed by atoms with Crippen molar-refractivity contribution in [1.82, 2.24) is 0 Å². The predicted molar refractivity (Wildman–Crippen MR) is 373 cm³/mol. The Balaban J connectivity index is 0.750. The smallest absolute Gasteiger partial charge is 0.187 e. The van der Waals surface area contributed by atoms with Crippen LogP contribution in [0.2, 0.25) is 0 Å². The number of hydrogen-bond donors (Lipinski definition) is 23. The van der Waals surface area contributed by atoms with Gasteiger partial charge in [0.1, 0.15) is 244 Å². The monoisotopic (exact) mass is 1760 g/mol. The van der Waals surface area contributed by atoms with Crippen LogP contribution in [-0.2, 0) is 133 Å². The molecule has 0 aromatic rings. The Kier molecular flexibility index (Phi) is 37.9. The molecular weight excluding hydrogens is 1640 g/mol. The Hall–Kier alpha value is -2.04. The van der Waals surface area contributed by atoms with Gasteiger partial charge in [-0.15, -0.1) is 0 Å². The maximum absolute atomic E-state index is 12.0. The fourth-order valence-corrected chi connectivity index (χ4v) is 16.8. The normalized spacial score (nSPS) is 50.6. The van der Waals surface area contributed by atoms with Crippen LogP contribution in [0.25, 0.3) is 0 Å². The molecule has 51 heteroatoms. The van der Waals surface area contributed by atoms with E-state index in [1.54, 1.807) is 0 Å². The molecule has 50 atom stereocenters. The first-order chi connectivity index (χ1) is 57.5. The maximum atomic E-state index is 12.0. The van der Waals surface area contributed by atoms with E-state index < -0.39 is 373 Å². The topological polar surface area (TPSA) is 724 Å². The van der Waals surface area contributed by atoms with Crippen LogP contribution >= 0.6 is 0 Å². The van der Waals surface area contributed by atoms with E-state index in [2.05, 4.69) is 0 Å². The van der Waals surface area contributed by atoms with E-state index in [1.807, 2.05) is 0 Å². The van der Waals surface area contributed by atoms with Crippen molar-refractivity contribution < 1.29 is 250 Å². The van der Waals surface area contributed by atoms with Gasteiger partial charge in [0.15, 0.2) is 62.9 Å². The highest BCUT2D eigenvalue weighted by Gasteiger charge is 2.63. The van der Waals surface area contributed by atoms with Crippen molar-refractivity contribution in [2.75, 3.05) is 130 Å². The molecule has 702 valence electrons. The number of methoxy groups -OCH3 is 9. The first kappa shape index (κ1) is 100. The summed E-state index contributed by atoms with van der Waals surface area (Å²) < 4.78 is 165. The van der Waals surface area contributed by atoms with Gasteiger partial charge in [-0.25, -0.2) is 0 Å². The van der Waals surface area contributed by atoms with Gasteiger partial charge < -0.3 is 250 Å². The van der Waals surface area contributed by atoms with Gasteiger partial charge in [0, 0.05) is 64.0 Å².